The molecule has 0 bridgehead atoms. The lowest BCUT2D eigenvalue weighted by molar-refractivity contribution is 0.0689. The van der Waals surface area contributed by atoms with Gasteiger partial charge in [0.1, 0.15) is 5.82 Å². The summed E-state index contributed by atoms with van der Waals surface area (Å²) in [4.78, 5) is 20.9. The van der Waals surface area contributed by atoms with E-state index < -0.39 is 5.97 Å². The van der Waals surface area contributed by atoms with Crippen molar-refractivity contribution in [3.8, 4) is 0 Å². The van der Waals surface area contributed by atoms with E-state index in [4.69, 9.17) is 5.11 Å². The molecular weight excluding hydrogens is 222 g/mol. The number of rotatable bonds is 3. The Morgan fingerprint density at radius 3 is 3.00 bits per heavy atom. The monoisotopic (exact) mass is 237 g/mol. The lowest BCUT2D eigenvalue weighted by Gasteiger charge is -2.25. The summed E-state index contributed by atoms with van der Waals surface area (Å²) in [6, 6.07) is 0.0682. The zero-order chi connectivity index (χ0) is 12.4. The van der Waals surface area contributed by atoms with Crippen LogP contribution in [0.2, 0.25) is 0 Å². The summed E-state index contributed by atoms with van der Waals surface area (Å²) in [6.45, 7) is 2.65. The van der Waals surface area contributed by atoms with Crippen molar-refractivity contribution >= 4 is 11.8 Å². The number of aliphatic hydroxyl groups excluding tert-OH is 1. The third-order valence-corrected chi connectivity index (χ3v) is 3.00. The average Bonchev–Trinajstić information content (AvgIpc) is 2.76. The fraction of sp³-hybridized carbons (Fsp3) is 0.545. The van der Waals surface area contributed by atoms with Crippen molar-refractivity contribution < 1.29 is 15.0 Å². The highest BCUT2D eigenvalue weighted by Gasteiger charge is 2.26. The van der Waals surface area contributed by atoms with Crippen molar-refractivity contribution in [2.45, 2.75) is 25.8 Å². The Kier molecular flexibility index (Phi) is 3.23. The van der Waals surface area contributed by atoms with Gasteiger partial charge >= 0.3 is 5.97 Å². The zero-order valence-corrected chi connectivity index (χ0v) is 9.63. The molecule has 0 radical (unpaired) electrons. The van der Waals surface area contributed by atoms with Gasteiger partial charge in [0.25, 0.3) is 0 Å². The Hall–Kier alpha value is -1.69. The van der Waals surface area contributed by atoms with Crippen molar-refractivity contribution in [3.63, 3.8) is 0 Å². The highest BCUT2D eigenvalue weighted by Crippen LogP contribution is 2.25. The van der Waals surface area contributed by atoms with Gasteiger partial charge in [-0.1, -0.05) is 0 Å². The number of carboxylic acids is 1. The van der Waals surface area contributed by atoms with E-state index in [0.29, 0.717) is 11.5 Å². The Labute approximate surface area is 98.9 Å². The van der Waals surface area contributed by atoms with Gasteiger partial charge in [0, 0.05) is 6.54 Å². The summed E-state index contributed by atoms with van der Waals surface area (Å²) in [5, 5.41) is 18.1. The van der Waals surface area contributed by atoms with Crippen LogP contribution in [-0.4, -0.2) is 45.3 Å². The second-order valence-corrected chi connectivity index (χ2v) is 4.14. The maximum Gasteiger partial charge on any atom is 0.356 e. The van der Waals surface area contributed by atoms with E-state index in [1.165, 1.54) is 6.20 Å². The minimum Gasteiger partial charge on any atom is -0.476 e. The normalized spacial score (nSPS) is 19.6. The number of hydrogen-bond acceptors (Lipinski definition) is 5. The maximum atomic E-state index is 10.8. The van der Waals surface area contributed by atoms with Crippen LogP contribution in [0.25, 0.3) is 0 Å². The number of carbonyl (C=O) groups is 1. The van der Waals surface area contributed by atoms with Crippen molar-refractivity contribution in [1.29, 1.82) is 0 Å². The van der Waals surface area contributed by atoms with Crippen LogP contribution < -0.4 is 4.90 Å². The first-order valence-corrected chi connectivity index (χ1v) is 5.58. The van der Waals surface area contributed by atoms with Crippen molar-refractivity contribution in [3.05, 3.63) is 17.6 Å². The van der Waals surface area contributed by atoms with Crippen LogP contribution in [0.5, 0.6) is 0 Å². The number of carboxylic acid groups (broad SMARTS) is 1. The summed E-state index contributed by atoms with van der Waals surface area (Å²) >= 11 is 0. The third-order valence-electron chi connectivity index (χ3n) is 3.00. The molecule has 0 spiro atoms. The van der Waals surface area contributed by atoms with Crippen LogP contribution in [0.4, 0.5) is 5.82 Å². The number of hydrogen-bond donors (Lipinski definition) is 2. The number of aryl methyl sites for hydroxylation is 1. The molecule has 6 nitrogen and oxygen atoms in total. The van der Waals surface area contributed by atoms with Gasteiger partial charge in [0.05, 0.1) is 24.5 Å². The molecule has 1 atom stereocenters. The van der Waals surface area contributed by atoms with Crippen LogP contribution in [0.15, 0.2) is 6.20 Å². The molecular formula is C11H15N3O3. The molecule has 2 rings (SSSR count). The van der Waals surface area contributed by atoms with Crippen LogP contribution in [-0.2, 0) is 0 Å². The molecule has 0 saturated carbocycles. The van der Waals surface area contributed by atoms with E-state index in [0.717, 1.165) is 19.4 Å². The highest BCUT2D eigenvalue weighted by molar-refractivity contribution is 5.85. The largest absolute Gasteiger partial charge is 0.476 e. The van der Waals surface area contributed by atoms with Crippen molar-refractivity contribution in [1.82, 2.24) is 9.97 Å². The minimum absolute atomic E-state index is 0.0500. The quantitative estimate of drug-likeness (QED) is 0.793. The molecule has 1 saturated heterocycles. The van der Waals surface area contributed by atoms with Gasteiger partial charge in [-0.2, -0.15) is 0 Å². The third kappa shape index (κ3) is 2.21. The summed E-state index contributed by atoms with van der Waals surface area (Å²) in [6.07, 6.45) is 3.20. The zero-order valence-electron chi connectivity index (χ0n) is 9.63. The van der Waals surface area contributed by atoms with E-state index >= 15 is 0 Å². The topological polar surface area (TPSA) is 86.5 Å². The van der Waals surface area contributed by atoms with Crippen molar-refractivity contribution in [2.75, 3.05) is 18.1 Å². The molecule has 2 heterocycles. The molecule has 92 valence electrons. The van der Waals surface area contributed by atoms with Gasteiger partial charge in [0.2, 0.25) is 0 Å². The Balaban J connectivity index is 2.30. The number of aliphatic hydroxyl groups is 1. The predicted molar refractivity (Wildman–Crippen MR) is 61.2 cm³/mol. The van der Waals surface area contributed by atoms with Gasteiger partial charge in [-0.3, -0.25) is 0 Å². The Bertz CT molecular complexity index is 436. The molecule has 17 heavy (non-hydrogen) atoms. The van der Waals surface area contributed by atoms with E-state index in [1.807, 2.05) is 4.90 Å². The molecule has 1 aliphatic rings. The maximum absolute atomic E-state index is 10.8. The lowest BCUT2D eigenvalue weighted by atomic mass is 10.2. The van der Waals surface area contributed by atoms with E-state index in [1.54, 1.807) is 6.92 Å². The summed E-state index contributed by atoms with van der Waals surface area (Å²) in [7, 11) is 0. The van der Waals surface area contributed by atoms with Crippen molar-refractivity contribution in [2.24, 2.45) is 0 Å². The van der Waals surface area contributed by atoms with E-state index in [-0.39, 0.29) is 18.3 Å². The van der Waals surface area contributed by atoms with E-state index in [9.17, 15) is 9.90 Å². The minimum atomic E-state index is -1.08. The second kappa shape index (κ2) is 4.67. The Morgan fingerprint density at radius 2 is 2.41 bits per heavy atom. The average molecular weight is 237 g/mol. The van der Waals surface area contributed by atoms with Gasteiger partial charge < -0.3 is 15.1 Å². The smallest absolute Gasteiger partial charge is 0.356 e. The molecule has 6 heteroatoms. The SMILES string of the molecule is Cc1nc(C(=O)O)cnc1N1CCCC1CO. The molecule has 1 aromatic rings. The second-order valence-electron chi connectivity index (χ2n) is 4.14. The number of anilines is 1. The van der Waals surface area contributed by atoms with Crippen LogP contribution >= 0.6 is 0 Å². The van der Waals surface area contributed by atoms with Crippen LogP contribution in [0.1, 0.15) is 29.0 Å². The highest BCUT2D eigenvalue weighted by atomic mass is 16.4. The van der Waals surface area contributed by atoms with Crippen LogP contribution in [0.3, 0.4) is 0 Å². The van der Waals surface area contributed by atoms with Gasteiger partial charge in [0.15, 0.2) is 5.69 Å². The molecule has 0 aliphatic carbocycles. The van der Waals surface area contributed by atoms with Gasteiger partial charge in [-0.25, -0.2) is 14.8 Å². The van der Waals surface area contributed by atoms with Crippen LogP contribution in [0, 0.1) is 6.92 Å². The number of aromatic nitrogens is 2. The molecule has 1 unspecified atom stereocenters. The molecule has 1 fully saturated rings. The summed E-state index contributed by atoms with van der Waals surface area (Å²) < 4.78 is 0. The summed E-state index contributed by atoms with van der Waals surface area (Å²) in [5.74, 6) is -0.404. The van der Waals surface area contributed by atoms with E-state index in [2.05, 4.69) is 9.97 Å². The van der Waals surface area contributed by atoms with Gasteiger partial charge in [-0.15, -0.1) is 0 Å². The molecule has 1 aromatic heterocycles. The first kappa shape index (κ1) is 11.8. The first-order valence-electron chi connectivity index (χ1n) is 5.58. The standard InChI is InChI=1S/C11H15N3O3/c1-7-10(12-5-9(13-7)11(16)17)14-4-2-3-8(14)6-15/h5,8,15H,2-4,6H2,1H3,(H,16,17). The molecule has 1 aliphatic heterocycles. The number of nitrogens with zero attached hydrogens (tertiary/aromatic N) is 3. The van der Waals surface area contributed by atoms with Gasteiger partial charge in [-0.05, 0) is 19.8 Å². The molecule has 2 N–H and O–H groups in total. The fourth-order valence-electron chi connectivity index (χ4n) is 2.16. The fourth-order valence-corrected chi connectivity index (χ4v) is 2.16. The number of aromatic carboxylic acids is 1. The lowest BCUT2D eigenvalue weighted by Crippen LogP contribution is -2.33. The predicted octanol–water partition coefficient (Wildman–Crippen LogP) is 0.444. The first-order chi connectivity index (χ1) is 8.13. The molecule has 0 aromatic carbocycles. The Morgan fingerprint density at radius 1 is 1.65 bits per heavy atom. The summed E-state index contributed by atoms with van der Waals surface area (Å²) in [5.41, 5.74) is 0.538. The molecule has 0 amide bonds.